The highest BCUT2D eigenvalue weighted by molar-refractivity contribution is 5.76. The molecule has 7 unspecified atom stereocenters. The van der Waals surface area contributed by atoms with Gasteiger partial charge in [-0.25, -0.2) is 0 Å². The van der Waals surface area contributed by atoms with Crippen molar-refractivity contribution in [2.75, 3.05) is 13.2 Å². The number of carbonyl (C=O) groups excluding carboxylic acids is 1. The van der Waals surface area contributed by atoms with Gasteiger partial charge in [0.15, 0.2) is 6.29 Å². The second kappa shape index (κ2) is 47.8. The molecule has 1 aliphatic heterocycles. The first-order valence-corrected chi connectivity index (χ1v) is 28.4. The second-order valence-corrected chi connectivity index (χ2v) is 19.7. The summed E-state index contributed by atoms with van der Waals surface area (Å²) in [5.74, 6) is -0.177. The molecule has 0 spiro atoms. The fourth-order valence-corrected chi connectivity index (χ4v) is 8.87. The Balaban J connectivity index is 2.19. The minimum absolute atomic E-state index is 0.177. The van der Waals surface area contributed by atoms with Crippen molar-refractivity contribution in [1.29, 1.82) is 0 Å². The Morgan fingerprint density at radius 3 is 1.30 bits per heavy atom. The number of aliphatic hydroxyl groups excluding tert-OH is 5. The maximum atomic E-state index is 13.0. The van der Waals surface area contributed by atoms with Gasteiger partial charge in [0.2, 0.25) is 5.91 Å². The zero-order chi connectivity index (χ0) is 48.7. The third-order valence-corrected chi connectivity index (χ3v) is 13.4. The lowest BCUT2D eigenvalue weighted by Crippen LogP contribution is -2.60. The highest BCUT2D eigenvalue weighted by atomic mass is 16.7. The van der Waals surface area contributed by atoms with E-state index in [0.717, 1.165) is 51.4 Å². The maximum absolute atomic E-state index is 13.0. The number of carbonyl (C=O) groups is 1. The average Bonchev–Trinajstić information content (AvgIpc) is 3.33. The Morgan fingerprint density at radius 1 is 0.507 bits per heavy atom. The standard InChI is InChI=1S/C58H107NO8/c1-3-5-7-9-11-13-15-17-19-20-21-22-23-24-25-26-27-28-29-30-31-32-34-36-38-40-42-44-46-48-54(62)59-51(50-66-58-57(65)56(64)55(63)53(49-60)67-58)52(61)47-45-43-41-39-37-35-33-18-16-14-12-10-8-6-4-2/h15,17,20-21,23-24,45,47,51-53,55-58,60-61,63-65H,3-14,16,18-19,22,25-44,46,48-50H2,1-2H3,(H,59,62)/b17-15-,21-20-,24-23-,47-45+. The highest BCUT2D eigenvalue weighted by Crippen LogP contribution is 2.23. The van der Waals surface area contributed by atoms with Crippen molar-refractivity contribution in [3.8, 4) is 0 Å². The number of hydrogen-bond acceptors (Lipinski definition) is 8. The lowest BCUT2D eigenvalue weighted by atomic mass is 9.99. The van der Waals surface area contributed by atoms with Crippen LogP contribution in [0.4, 0.5) is 0 Å². The van der Waals surface area contributed by atoms with E-state index in [2.05, 4.69) is 55.6 Å². The van der Waals surface area contributed by atoms with Gasteiger partial charge in [-0.05, 0) is 57.8 Å². The van der Waals surface area contributed by atoms with Crippen molar-refractivity contribution in [2.45, 2.75) is 301 Å². The monoisotopic (exact) mass is 946 g/mol. The molecule has 6 N–H and O–H groups in total. The summed E-state index contributed by atoms with van der Waals surface area (Å²) in [7, 11) is 0. The maximum Gasteiger partial charge on any atom is 0.220 e. The minimum atomic E-state index is -1.57. The third kappa shape index (κ3) is 37.6. The smallest absolute Gasteiger partial charge is 0.220 e. The SMILES string of the molecule is CCCCCCC/C=C\C/C=C\C/C=C\CCCCCCCCCCCCCCCCC(=O)NC(COC1OC(CO)C(O)C(O)C1O)C(O)/C=C/CCCCCCCCCCCCCCC. The van der Waals surface area contributed by atoms with Crippen LogP contribution in [0, 0.1) is 0 Å². The molecule has 392 valence electrons. The van der Waals surface area contributed by atoms with Gasteiger partial charge in [-0.3, -0.25) is 4.79 Å². The number of amides is 1. The van der Waals surface area contributed by atoms with E-state index in [-0.39, 0.29) is 12.5 Å². The van der Waals surface area contributed by atoms with Crippen LogP contribution in [0.15, 0.2) is 48.6 Å². The van der Waals surface area contributed by atoms with E-state index in [4.69, 9.17) is 9.47 Å². The Labute approximate surface area is 412 Å². The predicted octanol–water partition coefficient (Wildman–Crippen LogP) is 13.7. The number of rotatable bonds is 48. The molecule has 1 amide bonds. The van der Waals surface area contributed by atoms with Crippen LogP contribution in [0.2, 0.25) is 0 Å². The van der Waals surface area contributed by atoms with Gasteiger partial charge >= 0.3 is 0 Å². The van der Waals surface area contributed by atoms with Gasteiger partial charge in [0, 0.05) is 6.42 Å². The van der Waals surface area contributed by atoms with E-state index >= 15 is 0 Å². The number of aliphatic hydroxyl groups is 5. The highest BCUT2D eigenvalue weighted by Gasteiger charge is 2.44. The van der Waals surface area contributed by atoms with Gasteiger partial charge in [-0.15, -0.1) is 0 Å². The summed E-state index contributed by atoms with van der Waals surface area (Å²) in [6.07, 6.45) is 56.0. The topological polar surface area (TPSA) is 149 Å². The third-order valence-electron chi connectivity index (χ3n) is 13.4. The van der Waals surface area contributed by atoms with Crippen LogP contribution < -0.4 is 5.32 Å². The number of allylic oxidation sites excluding steroid dienone is 7. The molecule has 0 bridgehead atoms. The molecule has 7 atom stereocenters. The largest absolute Gasteiger partial charge is 0.394 e. The van der Waals surface area contributed by atoms with Crippen molar-refractivity contribution in [3.63, 3.8) is 0 Å². The molecule has 9 heteroatoms. The molecule has 0 aromatic heterocycles. The van der Waals surface area contributed by atoms with E-state index in [1.807, 2.05) is 6.08 Å². The van der Waals surface area contributed by atoms with Crippen LogP contribution in [-0.4, -0.2) is 87.5 Å². The number of unbranched alkanes of at least 4 members (excludes halogenated alkanes) is 32. The zero-order valence-corrected chi connectivity index (χ0v) is 43.4. The fraction of sp³-hybridized carbons (Fsp3) is 0.845. The van der Waals surface area contributed by atoms with Crippen LogP contribution in [0.5, 0.6) is 0 Å². The number of hydrogen-bond donors (Lipinski definition) is 6. The number of ether oxygens (including phenoxy) is 2. The molecule has 0 aliphatic carbocycles. The van der Waals surface area contributed by atoms with Crippen LogP contribution in [0.1, 0.15) is 258 Å². The Kier molecular flexibility index (Phi) is 45.1. The molecule has 1 saturated heterocycles. The molecule has 1 heterocycles. The van der Waals surface area contributed by atoms with Crippen molar-refractivity contribution in [1.82, 2.24) is 5.32 Å². The van der Waals surface area contributed by atoms with E-state index in [1.165, 1.54) is 186 Å². The summed E-state index contributed by atoms with van der Waals surface area (Å²) in [5.41, 5.74) is 0. The normalized spacial score (nSPS) is 20.0. The van der Waals surface area contributed by atoms with Crippen LogP contribution in [0.25, 0.3) is 0 Å². The van der Waals surface area contributed by atoms with Crippen molar-refractivity contribution in [2.24, 2.45) is 0 Å². The van der Waals surface area contributed by atoms with Crippen molar-refractivity contribution in [3.05, 3.63) is 48.6 Å². The molecule has 0 saturated carbocycles. The molecule has 1 rings (SSSR count). The van der Waals surface area contributed by atoms with Crippen LogP contribution in [-0.2, 0) is 14.3 Å². The van der Waals surface area contributed by atoms with Crippen molar-refractivity contribution < 1.29 is 39.8 Å². The van der Waals surface area contributed by atoms with Crippen LogP contribution >= 0.6 is 0 Å². The number of nitrogens with one attached hydrogen (secondary N) is 1. The lowest BCUT2D eigenvalue weighted by Gasteiger charge is -2.40. The molecule has 1 fully saturated rings. The van der Waals surface area contributed by atoms with Gasteiger partial charge < -0.3 is 40.3 Å². The average molecular weight is 946 g/mol. The first-order chi connectivity index (χ1) is 32.8. The van der Waals surface area contributed by atoms with E-state index in [9.17, 15) is 30.3 Å². The van der Waals surface area contributed by atoms with Gasteiger partial charge in [-0.2, -0.15) is 0 Å². The van der Waals surface area contributed by atoms with Gasteiger partial charge in [0.25, 0.3) is 0 Å². The Hall–Kier alpha value is -1.85. The molecular formula is C58H107NO8. The van der Waals surface area contributed by atoms with E-state index in [1.54, 1.807) is 6.08 Å². The van der Waals surface area contributed by atoms with Gasteiger partial charge in [0.1, 0.15) is 24.4 Å². The summed E-state index contributed by atoms with van der Waals surface area (Å²) in [6, 6.07) is -0.805. The predicted molar refractivity (Wildman–Crippen MR) is 281 cm³/mol. The van der Waals surface area contributed by atoms with E-state index < -0.39 is 49.5 Å². The second-order valence-electron chi connectivity index (χ2n) is 19.7. The quantitative estimate of drug-likeness (QED) is 0.0261. The van der Waals surface area contributed by atoms with Crippen molar-refractivity contribution >= 4 is 5.91 Å². The van der Waals surface area contributed by atoms with Gasteiger partial charge in [0.05, 0.1) is 25.4 Å². The minimum Gasteiger partial charge on any atom is -0.394 e. The lowest BCUT2D eigenvalue weighted by molar-refractivity contribution is -0.302. The summed E-state index contributed by atoms with van der Waals surface area (Å²) in [5, 5.41) is 54.4. The molecule has 0 radical (unpaired) electrons. The molecule has 1 aliphatic rings. The molecule has 9 nitrogen and oxygen atoms in total. The van der Waals surface area contributed by atoms with Crippen LogP contribution in [0.3, 0.4) is 0 Å². The molecule has 0 aromatic rings. The zero-order valence-electron chi connectivity index (χ0n) is 43.4. The molecular weight excluding hydrogens is 839 g/mol. The fourth-order valence-electron chi connectivity index (χ4n) is 8.87. The summed E-state index contributed by atoms with van der Waals surface area (Å²) in [6.45, 7) is 3.78. The first kappa shape index (κ1) is 63.2. The summed E-state index contributed by atoms with van der Waals surface area (Å²) >= 11 is 0. The van der Waals surface area contributed by atoms with Gasteiger partial charge in [-0.1, -0.05) is 242 Å². The Bertz CT molecular complexity index is 1190. The molecule has 67 heavy (non-hydrogen) atoms. The Morgan fingerprint density at radius 2 is 0.881 bits per heavy atom. The van der Waals surface area contributed by atoms with E-state index in [0.29, 0.717) is 6.42 Å². The molecule has 0 aromatic carbocycles. The summed E-state index contributed by atoms with van der Waals surface area (Å²) in [4.78, 5) is 13.0. The first-order valence-electron chi connectivity index (χ1n) is 28.4. The summed E-state index contributed by atoms with van der Waals surface area (Å²) < 4.78 is 11.3.